The number of fused-ring (bicyclic) bond motifs is 1. The summed E-state index contributed by atoms with van der Waals surface area (Å²) in [4.78, 5) is 14.7. The first kappa shape index (κ1) is 24.4. The Labute approximate surface area is 212 Å². The van der Waals surface area contributed by atoms with E-state index in [2.05, 4.69) is 27.2 Å². The third kappa shape index (κ3) is 4.61. The SMILES string of the molecule is Cc1nc2c(F)cc(-c3nc(Nc4ccc(N5CCSC(C)C5)c(F)c4)ncc3F)cc2n1C(C)C. The highest BCUT2D eigenvalue weighted by Crippen LogP contribution is 2.32. The van der Waals surface area contributed by atoms with Crippen LogP contribution in [-0.4, -0.2) is 43.6 Å². The van der Waals surface area contributed by atoms with E-state index < -0.39 is 11.6 Å². The Balaban J connectivity index is 1.46. The summed E-state index contributed by atoms with van der Waals surface area (Å²) in [6.45, 7) is 9.47. The summed E-state index contributed by atoms with van der Waals surface area (Å²) in [7, 11) is 0. The van der Waals surface area contributed by atoms with Crippen LogP contribution < -0.4 is 10.2 Å². The summed E-state index contributed by atoms with van der Waals surface area (Å²) in [5.74, 6) is 0.106. The van der Waals surface area contributed by atoms with E-state index in [4.69, 9.17) is 0 Å². The molecule has 0 spiro atoms. The summed E-state index contributed by atoms with van der Waals surface area (Å²) in [5, 5.41) is 3.38. The Bertz CT molecular complexity index is 1440. The molecule has 1 fully saturated rings. The molecule has 2 aromatic heterocycles. The minimum absolute atomic E-state index is 0.0434. The van der Waals surface area contributed by atoms with Crippen molar-refractivity contribution in [3.8, 4) is 11.3 Å². The standard InChI is InChI=1S/C26H27F3N6S/c1-14(2)35-16(4)31-25-20(28)9-17(10-23(25)35)24-21(29)12-30-26(33-24)32-18-5-6-22(19(27)11-18)34-7-8-36-15(3)13-34/h5-6,9-12,14-15H,7-8,13H2,1-4H3,(H,30,32,33). The molecule has 5 rings (SSSR count). The lowest BCUT2D eigenvalue weighted by Gasteiger charge is -2.32. The number of anilines is 3. The first-order valence-electron chi connectivity index (χ1n) is 11.9. The fourth-order valence-electron chi connectivity index (χ4n) is 4.69. The molecular weight excluding hydrogens is 485 g/mol. The van der Waals surface area contributed by atoms with Gasteiger partial charge in [-0.3, -0.25) is 0 Å². The minimum Gasteiger partial charge on any atom is -0.367 e. The molecule has 10 heteroatoms. The third-order valence-electron chi connectivity index (χ3n) is 6.24. The molecule has 3 heterocycles. The summed E-state index contributed by atoms with van der Waals surface area (Å²) < 4.78 is 46.5. The van der Waals surface area contributed by atoms with Gasteiger partial charge in [-0.1, -0.05) is 6.92 Å². The van der Waals surface area contributed by atoms with Crippen LogP contribution in [0.1, 0.15) is 32.6 Å². The lowest BCUT2D eigenvalue weighted by molar-refractivity contribution is 0.599. The second-order valence-corrected chi connectivity index (χ2v) is 10.8. The Morgan fingerprint density at radius 2 is 1.86 bits per heavy atom. The van der Waals surface area contributed by atoms with E-state index in [1.165, 1.54) is 12.1 Å². The second kappa shape index (κ2) is 9.65. The number of nitrogens with one attached hydrogen (secondary N) is 1. The molecular formula is C26H27F3N6S. The molecule has 0 aliphatic carbocycles. The van der Waals surface area contributed by atoms with Gasteiger partial charge in [0, 0.05) is 41.4 Å². The van der Waals surface area contributed by atoms with Gasteiger partial charge in [-0.05, 0) is 51.1 Å². The molecule has 36 heavy (non-hydrogen) atoms. The summed E-state index contributed by atoms with van der Waals surface area (Å²) in [6, 6.07) is 7.79. The quantitative estimate of drug-likeness (QED) is 0.330. The molecule has 1 saturated heterocycles. The normalized spacial score (nSPS) is 16.2. The van der Waals surface area contributed by atoms with E-state index in [1.807, 2.05) is 42.0 Å². The van der Waals surface area contributed by atoms with Crippen LogP contribution in [0.15, 0.2) is 36.5 Å². The number of hydrogen-bond acceptors (Lipinski definition) is 6. The van der Waals surface area contributed by atoms with Crippen molar-refractivity contribution in [1.82, 2.24) is 19.5 Å². The Morgan fingerprint density at radius 3 is 2.58 bits per heavy atom. The van der Waals surface area contributed by atoms with Crippen molar-refractivity contribution in [1.29, 1.82) is 0 Å². The van der Waals surface area contributed by atoms with Gasteiger partial charge in [0.2, 0.25) is 5.95 Å². The topological polar surface area (TPSA) is 58.9 Å². The lowest BCUT2D eigenvalue weighted by atomic mass is 10.1. The molecule has 0 saturated carbocycles. The average Bonchev–Trinajstić information content (AvgIpc) is 3.17. The monoisotopic (exact) mass is 512 g/mol. The lowest BCUT2D eigenvalue weighted by Crippen LogP contribution is -2.37. The molecule has 1 aliphatic heterocycles. The number of nitrogens with zero attached hydrogens (tertiary/aromatic N) is 5. The van der Waals surface area contributed by atoms with Gasteiger partial charge in [-0.25, -0.2) is 28.1 Å². The zero-order valence-electron chi connectivity index (χ0n) is 20.5. The van der Waals surface area contributed by atoms with Crippen LogP contribution in [-0.2, 0) is 0 Å². The van der Waals surface area contributed by atoms with E-state index in [9.17, 15) is 13.2 Å². The van der Waals surface area contributed by atoms with Crippen molar-refractivity contribution in [2.24, 2.45) is 0 Å². The van der Waals surface area contributed by atoms with Crippen molar-refractivity contribution < 1.29 is 13.2 Å². The van der Waals surface area contributed by atoms with Crippen LogP contribution in [0.25, 0.3) is 22.3 Å². The van der Waals surface area contributed by atoms with Gasteiger partial charge in [0.15, 0.2) is 11.6 Å². The smallest absolute Gasteiger partial charge is 0.227 e. The predicted octanol–water partition coefficient (Wildman–Crippen LogP) is 6.49. The number of imidazole rings is 1. The number of hydrogen-bond donors (Lipinski definition) is 1. The highest BCUT2D eigenvalue weighted by molar-refractivity contribution is 8.00. The molecule has 0 amide bonds. The number of aryl methyl sites for hydroxylation is 1. The molecule has 1 N–H and O–H groups in total. The molecule has 1 aliphatic rings. The molecule has 4 aromatic rings. The van der Waals surface area contributed by atoms with Gasteiger partial charge in [-0.2, -0.15) is 11.8 Å². The van der Waals surface area contributed by atoms with Crippen molar-refractivity contribution in [3.05, 3.63) is 59.8 Å². The number of rotatable bonds is 5. The van der Waals surface area contributed by atoms with Crippen molar-refractivity contribution in [2.75, 3.05) is 29.1 Å². The fraction of sp³-hybridized carbons (Fsp3) is 0.346. The van der Waals surface area contributed by atoms with Crippen LogP contribution in [0.3, 0.4) is 0 Å². The number of halogens is 3. The maximum Gasteiger partial charge on any atom is 0.227 e. The molecule has 0 radical (unpaired) electrons. The Kier molecular flexibility index (Phi) is 6.55. The highest BCUT2D eigenvalue weighted by atomic mass is 32.2. The van der Waals surface area contributed by atoms with E-state index in [0.29, 0.717) is 28.0 Å². The fourth-order valence-corrected chi connectivity index (χ4v) is 5.71. The number of benzene rings is 2. The maximum atomic E-state index is 14.9. The zero-order chi connectivity index (χ0) is 25.6. The number of aromatic nitrogens is 4. The summed E-state index contributed by atoms with van der Waals surface area (Å²) in [6.07, 6.45) is 1.02. The molecule has 1 unspecified atom stereocenters. The van der Waals surface area contributed by atoms with Crippen molar-refractivity contribution >= 4 is 40.1 Å². The summed E-state index contributed by atoms with van der Waals surface area (Å²) in [5.41, 5.74) is 1.99. The first-order valence-corrected chi connectivity index (χ1v) is 12.9. The van der Waals surface area contributed by atoms with Crippen molar-refractivity contribution in [2.45, 2.75) is 39.0 Å². The average molecular weight is 513 g/mol. The van der Waals surface area contributed by atoms with Crippen LogP contribution in [0.4, 0.5) is 30.5 Å². The largest absolute Gasteiger partial charge is 0.367 e. The van der Waals surface area contributed by atoms with E-state index in [1.54, 1.807) is 18.2 Å². The molecule has 188 valence electrons. The predicted molar refractivity (Wildman–Crippen MR) is 140 cm³/mol. The van der Waals surface area contributed by atoms with Gasteiger partial charge in [0.25, 0.3) is 0 Å². The molecule has 6 nitrogen and oxygen atoms in total. The third-order valence-corrected chi connectivity index (χ3v) is 7.38. The minimum atomic E-state index is -0.690. The molecule has 2 aromatic carbocycles. The van der Waals surface area contributed by atoms with E-state index in [0.717, 1.165) is 25.0 Å². The summed E-state index contributed by atoms with van der Waals surface area (Å²) >= 11 is 1.88. The maximum absolute atomic E-state index is 14.9. The van der Waals surface area contributed by atoms with Crippen LogP contribution in [0.5, 0.6) is 0 Å². The first-order chi connectivity index (χ1) is 17.2. The van der Waals surface area contributed by atoms with E-state index in [-0.39, 0.29) is 34.6 Å². The van der Waals surface area contributed by atoms with Crippen molar-refractivity contribution in [3.63, 3.8) is 0 Å². The van der Waals surface area contributed by atoms with Gasteiger partial charge in [0.05, 0.1) is 17.4 Å². The van der Waals surface area contributed by atoms with Crippen LogP contribution in [0.2, 0.25) is 0 Å². The molecule has 1 atom stereocenters. The van der Waals surface area contributed by atoms with Crippen LogP contribution in [0, 0.1) is 24.4 Å². The Hall–Kier alpha value is -3.27. The zero-order valence-corrected chi connectivity index (χ0v) is 21.3. The van der Waals surface area contributed by atoms with E-state index >= 15 is 0 Å². The Morgan fingerprint density at radius 1 is 1.06 bits per heavy atom. The van der Waals surface area contributed by atoms with Crippen LogP contribution >= 0.6 is 11.8 Å². The number of thioether (sulfide) groups is 1. The highest BCUT2D eigenvalue weighted by Gasteiger charge is 2.21. The molecule has 0 bridgehead atoms. The van der Waals surface area contributed by atoms with Gasteiger partial charge in [0.1, 0.15) is 22.9 Å². The van der Waals surface area contributed by atoms with Gasteiger partial charge in [-0.15, -0.1) is 0 Å². The second-order valence-electron chi connectivity index (χ2n) is 9.26. The van der Waals surface area contributed by atoms with Gasteiger partial charge < -0.3 is 14.8 Å². The van der Waals surface area contributed by atoms with Gasteiger partial charge >= 0.3 is 0 Å².